The van der Waals surface area contributed by atoms with E-state index in [1.54, 1.807) is 0 Å². The Kier molecular flexibility index (Phi) is 4.36. The number of piperazine rings is 1. The van der Waals surface area contributed by atoms with Gasteiger partial charge in [-0.2, -0.15) is 8.61 Å². The molecule has 0 spiro atoms. The van der Waals surface area contributed by atoms with E-state index in [0.29, 0.717) is 0 Å². The van der Waals surface area contributed by atoms with Gasteiger partial charge in [0.15, 0.2) is 0 Å². The Morgan fingerprint density at radius 1 is 1.17 bits per heavy atom. The monoisotopic (exact) mass is 300 g/mol. The second kappa shape index (κ2) is 5.11. The molecule has 1 saturated heterocycles. The average molecular weight is 300 g/mol. The number of rotatable bonds is 4. The minimum Gasteiger partial charge on any atom is -0.481 e. The van der Waals surface area contributed by atoms with Gasteiger partial charge in [0, 0.05) is 25.7 Å². The lowest BCUT2D eigenvalue weighted by Crippen LogP contribution is -2.56. The minimum atomic E-state index is -3.54. The molecule has 0 aromatic heterocycles. The lowest BCUT2D eigenvalue weighted by molar-refractivity contribution is -0.138. The van der Waals surface area contributed by atoms with Crippen molar-refractivity contribution < 1.29 is 26.7 Å². The topological polar surface area (TPSA) is 112 Å². The highest BCUT2D eigenvalue weighted by Gasteiger charge is 2.36. The van der Waals surface area contributed by atoms with Crippen molar-refractivity contribution in [2.75, 3.05) is 32.1 Å². The fraction of sp³-hybridized carbons (Fsp3) is 0.875. The summed E-state index contributed by atoms with van der Waals surface area (Å²) in [7, 11) is -6.99. The Hall–Kier alpha value is -0.710. The van der Waals surface area contributed by atoms with Crippen molar-refractivity contribution in [3.05, 3.63) is 0 Å². The van der Waals surface area contributed by atoms with Gasteiger partial charge in [-0.25, -0.2) is 16.8 Å². The van der Waals surface area contributed by atoms with Crippen LogP contribution in [0, 0.1) is 0 Å². The number of hydrogen-bond donors (Lipinski definition) is 1. The summed E-state index contributed by atoms with van der Waals surface area (Å²) in [5, 5.41) is 8.75. The average Bonchev–Trinajstić information content (AvgIpc) is 2.13. The molecule has 1 N–H and O–H groups in total. The maximum atomic E-state index is 11.5. The zero-order valence-electron chi connectivity index (χ0n) is 10.1. The first-order valence-corrected chi connectivity index (χ1v) is 8.85. The molecule has 1 aliphatic heterocycles. The predicted molar refractivity (Wildman–Crippen MR) is 64.0 cm³/mol. The summed E-state index contributed by atoms with van der Waals surface area (Å²) in [6.07, 6.45) is 1.58. The molecule has 18 heavy (non-hydrogen) atoms. The SMILES string of the molecule is CS(=O)(=O)N1CCN(S(C)(=O)=O)C(CC(=O)O)C1. The van der Waals surface area contributed by atoms with Crippen LogP contribution in [0.5, 0.6) is 0 Å². The number of hydrogen-bond acceptors (Lipinski definition) is 5. The van der Waals surface area contributed by atoms with Crippen molar-refractivity contribution in [1.29, 1.82) is 0 Å². The molecule has 0 radical (unpaired) electrons. The van der Waals surface area contributed by atoms with Crippen LogP contribution in [0.2, 0.25) is 0 Å². The number of carboxylic acids is 1. The zero-order valence-corrected chi connectivity index (χ0v) is 11.7. The van der Waals surface area contributed by atoms with Gasteiger partial charge in [-0.1, -0.05) is 0 Å². The fourth-order valence-corrected chi connectivity index (χ4v) is 3.87. The molecular formula is C8H16N2O6S2. The lowest BCUT2D eigenvalue weighted by Gasteiger charge is -2.38. The van der Waals surface area contributed by atoms with Gasteiger partial charge in [0.2, 0.25) is 20.0 Å². The number of carboxylic acid groups (broad SMARTS) is 1. The maximum Gasteiger partial charge on any atom is 0.305 e. The minimum absolute atomic E-state index is 0.0240. The van der Waals surface area contributed by atoms with E-state index in [2.05, 4.69) is 0 Å². The Labute approximate surface area is 106 Å². The molecule has 10 heteroatoms. The van der Waals surface area contributed by atoms with Gasteiger partial charge < -0.3 is 5.11 Å². The molecule has 1 aliphatic rings. The van der Waals surface area contributed by atoms with Crippen LogP contribution in [-0.4, -0.2) is 74.7 Å². The normalized spacial score (nSPS) is 24.0. The maximum absolute atomic E-state index is 11.5. The third kappa shape index (κ3) is 3.90. The summed E-state index contributed by atoms with van der Waals surface area (Å²) >= 11 is 0. The smallest absolute Gasteiger partial charge is 0.305 e. The van der Waals surface area contributed by atoms with Gasteiger partial charge in [0.25, 0.3) is 0 Å². The summed E-state index contributed by atoms with van der Waals surface area (Å²) in [5.74, 6) is -1.16. The standard InChI is InChI=1S/C8H16N2O6S2/c1-17(13,14)9-3-4-10(18(2,15)16)7(6-9)5-8(11)12/h7H,3-6H2,1-2H3,(H,11,12). The van der Waals surface area contributed by atoms with Gasteiger partial charge in [-0.05, 0) is 0 Å². The second-order valence-electron chi connectivity index (χ2n) is 4.25. The Balaban J connectivity index is 2.96. The van der Waals surface area contributed by atoms with Crippen LogP contribution in [0.1, 0.15) is 6.42 Å². The molecule has 1 heterocycles. The van der Waals surface area contributed by atoms with Crippen LogP contribution in [-0.2, 0) is 24.8 Å². The highest BCUT2D eigenvalue weighted by molar-refractivity contribution is 7.88. The third-order valence-corrected chi connectivity index (χ3v) is 5.30. The zero-order chi connectivity index (χ0) is 14.1. The molecular weight excluding hydrogens is 284 g/mol. The van der Waals surface area contributed by atoms with E-state index < -0.39 is 38.5 Å². The van der Waals surface area contributed by atoms with Crippen LogP contribution < -0.4 is 0 Å². The fourth-order valence-electron chi connectivity index (χ4n) is 1.92. The Bertz CT molecular complexity index is 526. The highest BCUT2D eigenvalue weighted by Crippen LogP contribution is 2.18. The van der Waals surface area contributed by atoms with Gasteiger partial charge >= 0.3 is 5.97 Å². The molecule has 0 bridgehead atoms. The molecule has 1 unspecified atom stereocenters. The van der Waals surface area contributed by atoms with E-state index in [-0.39, 0.29) is 19.6 Å². The van der Waals surface area contributed by atoms with E-state index >= 15 is 0 Å². The summed E-state index contributed by atoms with van der Waals surface area (Å²) < 4.78 is 47.9. The number of nitrogens with zero attached hydrogens (tertiary/aromatic N) is 2. The molecule has 1 fully saturated rings. The molecule has 0 aromatic rings. The van der Waals surface area contributed by atoms with Crippen LogP contribution in [0.3, 0.4) is 0 Å². The molecule has 0 aliphatic carbocycles. The first-order chi connectivity index (χ1) is 8.01. The second-order valence-corrected chi connectivity index (χ2v) is 8.16. The summed E-state index contributed by atoms with van der Waals surface area (Å²) in [5.41, 5.74) is 0. The van der Waals surface area contributed by atoms with Gasteiger partial charge in [-0.3, -0.25) is 4.79 Å². The number of aliphatic carboxylic acids is 1. The lowest BCUT2D eigenvalue weighted by atomic mass is 10.2. The molecule has 0 saturated carbocycles. The van der Waals surface area contributed by atoms with E-state index in [0.717, 1.165) is 21.1 Å². The molecule has 1 rings (SSSR count). The van der Waals surface area contributed by atoms with E-state index in [1.807, 2.05) is 0 Å². The van der Waals surface area contributed by atoms with Crippen molar-refractivity contribution in [1.82, 2.24) is 8.61 Å². The van der Waals surface area contributed by atoms with E-state index in [9.17, 15) is 21.6 Å². The van der Waals surface area contributed by atoms with Gasteiger partial charge in [-0.15, -0.1) is 0 Å². The van der Waals surface area contributed by atoms with E-state index in [4.69, 9.17) is 5.11 Å². The summed E-state index contributed by atoms with van der Waals surface area (Å²) in [6, 6.07) is -0.860. The molecule has 1 atom stereocenters. The van der Waals surface area contributed by atoms with Crippen molar-refractivity contribution in [2.45, 2.75) is 12.5 Å². The van der Waals surface area contributed by atoms with Gasteiger partial charge in [0.05, 0.1) is 18.9 Å². The summed E-state index contributed by atoms with van der Waals surface area (Å²) in [4.78, 5) is 10.7. The predicted octanol–water partition coefficient (Wildman–Crippen LogP) is -1.63. The van der Waals surface area contributed by atoms with Crippen LogP contribution in [0.4, 0.5) is 0 Å². The van der Waals surface area contributed by atoms with Crippen LogP contribution >= 0.6 is 0 Å². The summed E-state index contributed by atoms with van der Waals surface area (Å²) in [6.45, 7) is -0.107. The van der Waals surface area contributed by atoms with Gasteiger partial charge in [0.1, 0.15) is 0 Å². The number of carbonyl (C=O) groups is 1. The molecule has 8 nitrogen and oxygen atoms in total. The van der Waals surface area contributed by atoms with Crippen molar-refractivity contribution >= 4 is 26.0 Å². The Morgan fingerprint density at radius 2 is 1.72 bits per heavy atom. The molecule has 0 aromatic carbocycles. The van der Waals surface area contributed by atoms with Crippen LogP contribution in [0.25, 0.3) is 0 Å². The molecule has 0 amide bonds. The quantitative estimate of drug-likeness (QED) is 0.667. The van der Waals surface area contributed by atoms with Crippen molar-refractivity contribution in [2.24, 2.45) is 0 Å². The Morgan fingerprint density at radius 3 is 2.11 bits per heavy atom. The van der Waals surface area contributed by atoms with Crippen LogP contribution in [0.15, 0.2) is 0 Å². The van der Waals surface area contributed by atoms with E-state index in [1.165, 1.54) is 0 Å². The first kappa shape index (κ1) is 15.3. The largest absolute Gasteiger partial charge is 0.481 e. The third-order valence-electron chi connectivity index (χ3n) is 2.70. The molecule has 106 valence electrons. The number of sulfonamides is 2. The van der Waals surface area contributed by atoms with Crippen molar-refractivity contribution in [3.63, 3.8) is 0 Å². The van der Waals surface area contributed by atoms with Crippen molar-refractivity contribution in [3.8, 4) is 0 Å². The first-order valence-electron chi connectivity index (χ1n) is 5.15. The highest BCUT2D eigenvalue weighted by atomic mass is 32.2.